The molecule has 0 aliphatic rings. The molecule has 0 amide bonds. The Balaban J connectivity index is 2.19. The molecule has 100 valence electrons. The molecule has 0 spiro atoms. The maximum Gasteiger partial charge on any atom is 0.298 e. The Morgan fingerprint density at radius 1 is 1.42 bits per heavy atom. The Kier molecular flexibility index (Phi) is 3.75. The lowest BCUT2D eigenvalue weighted by Gasteiger charge is -2.02. The van der Waals surface area contributed by atoms with Gasteiger partial charge in [0.05, 0.1) is 4.92 Å². The molecule has 0 N–H and O–H groups in total. The van der Waals surface area contributed by atoms with Crippen LogP contribution in [0.25, 0.3) is 0 Å². The summed E-state index contributed by atoms with van der Waals surface area (Å²) >= 11 is 1.17. The SMILES string of the molecule is Cc1cc(Oc2nc(C(C)C)ns2)ccc1[N+](=O)[O-]. The van der Waals surface area contributed by atoms with Gasteiger partial charge >= 0.3 is 0 Å². The summed E-state index contributed by atoms with van der Waals surface area (Å²) in [6, 6.07) is 4.60. The van der Waals surface area contributed by atoms with Crippen molar-refractivity contribution >= 4 is 17.2 Å². The number of aryl methyl sites for hydroxylation is 1. The first kappa shape index (κ1) is 13.4. The van der Waals surface area contributed by atoms with E-state index < -0.39 is 4.92 Å². The number of hydrogen-bond acceptors (Lipinski definition) is 6. The van der Waals surface area contributed by atoms with Crippen molar-refractivity contribution in [3.05, 3.63) is 39.7 Å². The van der Waals surface area contributed by atoms with E-state index >= 15 is 0 Å². The molecule has 1 aromatic carbocycles. The number of nitro groups is 1. The first-order valence-electron chi connectivity index (χ1n) is 5.74. The van der Waals surface area contributed by atoms with Crippen LogP contribution in [0.4, 0.5) is 5.69 Å². The minimum atomic E-state index is -0.416. The van der Waals surface area contributed by atoms with E-state index in [2.05, 4.69) is 9.36 Å². The Morgan fingerprint density at radius 2 is 2.16 bits per heavy atom. The van der Waals surface area contributed by atoms with Crippen LogP contribution in [0.3, 0.4) is 0 Å². The van der Waals surface area contributed by atoms with Crippen LogP contribution in [-0.4, -0.2) is 14.3 Å². The largest absolute Gasteiger partial charge is 0.430 e. The maximum absolute atomic E-state index is 10.7. The zero-order valence-corrected chi connectivity index (χ0v) is 11.6. The lowest BCUT2D eigenvalue weighted by Crippen LogP contribution is -1.93. The van der Waals surface area contributed by atoms with Gasteiger partial charge in [0.25, 0.3) is 10.9 Å². The molecule has 0 unspecified atom stereocenters. The molecular weight excluding hydrogens is 266 g/mol. The van der Waals surface area contributed by atoms with Crippen LogP contribution in [0.2, 0.25) is 0 Å². The van der Waals surface area contributed by atoms with Crippen molar-refractivity contribution in [3.63, 3.8) is 0 Å². The van der Waals surface area contributed by atoms with Gasteiger partial charge in [-0.15, -0.1) is 0 Å². The summed E-state index contributed by atoms with van der Waals surface area (Å²) in [4.78, 5) is 14.5. The summed E-state index contributed by atoms with van der Waals surface area (Å²) < 4.78 is 9.72. The summed E-state index contributed by atoms with van der Waals surface area (Å²) in [5, 5.41) is 11.2. The number of nitrogens with zero attached hydrogens (tertiary/aromatic N) is 3. The molecule has 6 nitrogen and oxygen atoms in total. The molecule has 0 saturated heterocycles. The van der Waals surface area contributed by atoms with Crippen molar-refractivity contribution in [1.82, 2.24) is 9.36 Å². The van der Waals surface area contributed by atoms with Crippen LogP contribution >= 0.6 is 11.5 Å². The van der Waals surface area contributed by atoms with Gasteiger partial charge in [0, 0.05) is 29.1 Å². The zero-order chi connectivity index (χ0) is 14.0. The fourth-order valence-corrected chi connectivity index (χ4v) is 2.18. The van der Waals surface area contributed by atoms with Crippen LogP contribution in [-0.2, 0) is 0 Å². The van der Waals surface area contributed by atoms with Crippen LogP contribution in [0.15, 0.2) is 18.2 Å². The van der Waals surface area contributed by atoms with E-state index in [0.29, 0.717) is 16.5 Å². The fraction of sp³-hybridized carbons (Fsp3) is 0.333. The summed E-state index contributed by atoms with van der Waals surface area (Å²) in [6.07, 6.45) is 0. The topological polar surface area (TPSA) is 78.2 Å². The Labute approximate surface area is 114 Å². The molecule has 2 aromatic rings. The molecule has 0 aliphatic heterocycles. The fourth-order valence-electron chi connectivity index (χ4n) is 1.49. The smallest absolute Gasteiger partial charge is 0.298 e. The van der Waals surface area contributed by atoms with E-state index in [4.69, 9.17) is 4.74 Å². The van der Waals surface area contributed by atoms with Gasteiger partial charge in [-0.25, -0.2) is 0 Å². The van der Waals surface area contributed by atoms with E-state index in [1.165, 1.54) is 17.6 Å². The van der Waals surface area contributed by atoms with E-state index in [0.717, 1.165) is 5.82 Å². The third-order valence-corrected chi connectivity index (χ3v) is 3.12. The second-order valence-electron chi connectivity index (χ2n) is 4.38. The van der Waals surface area contributed by atoms with Gasteiger partial charge < -0.3 is 4.74 Å². The lowest BCUT2D eigenvalue weighted by atomic mass is 10.2. The third-order valence-electron chi connectivity index (χ3n) is 2.51. The first-order chi connectivity index (χ1) is 8.97. The quantitative estimate of drug-likeness (QED) is 0.630. The van der Waals surface area contributed by atoms with Crippen molar-refractivity contribution in [1.29, 1.82) is 0 Å². The van der Waals surface area contributed by atoms with Crippen molar-refractivity contribution < 1.29 is 9.66 Å². The molecule has 0 saturated carbocycles. The molecular formula is C12H13N3O3S. The summed E-state index contributed by atoms with van der Waals surface area (Å²) in [5.74, 6) is 1.50. The third kappa shape index (κ3) is 3.05. The number of aromatic nitrogens is 2. The Morgan fingerprint density at radius 3 is 2.68 bits per heavy atom. The van der Waals surface area contributed by atoms with Gasteiger partial charge in [0.1, 0.15) is 11.6 Å². The Hall–Kier alpha value is -2.02. The molecule has 1 aromatic heterocycles. The predicted octanol–water partition coefficient (Wildman–Crippen LogP) is 3.67. The molecule has 7 heteroatoms. The molecule has 2 rings (SSSR count). The normalized spacial score (nSPS) is 10.7. The number of benzene rings is 1. The first-order valence-corrected chi connectivity index (χ1v) is 6.51. The van der Waals surface area contributed by atoms with Crippen LogP contribution in [0.5, 0.6) is 10.9 Å². The monoisotopic (exact) mass is 279 g/mol. The molecule has 0 radical (unpaired) electrons. The summed E-state index contributed by atoms with van der Waals surface area (Å²) in [6.45, 7) is 5.67. The molecule has 19 heavy (non-hydrogen) atoms. The predicted molar refractivity (Wildman–Crippen MR) is 71.9 cm³/mol. The molecule has 0 bridgehead atoms. The average Bonchev–Trinajstić information content (AvgIpc) is 2.77. The van der Waals surface area contributed by atoms with Gasteiger partial charge in [-0.1, -0.05) is 13.8 Å². The van der Waals surface area contributed by atoms with Crippen molar-refractivity contribution in [3.8, 4) is 10.9 Å². The van der Waals surface area contributed by atoms with E-state index in [-0.39, 0.29) is 11.6 Å². The molecule has 0 fully saturated rings. The van der Waals surface area contributed by atoms with Crippen molar-refractivity contribution in [2.24, 2.45) is 0 Å². The second kappa shape index (κ2) is 5.31. The van der Waals surface area contributed by atoms with Crippen LogP contribution in [0.1, 0.15) is 31.2 Å². The highest BCUT2D eigenvalue weighted by atomic mass is 32.1. The van der Waals surface area contributed by atoms with E-state index in [1.807, 2.05) is 13.8 Å². The van der Waals surface area contributed by atoms with E-state index in [1.54, 1.807) is 19.1 Å². The Bertz CT molecular complexity index is 610. The van der Waals surface area contributed by atoms with Crippen LogP contribution < -0.4 is 4.74 Å². The van der Waals surface area contributed by atoms with Gasteiger partial charge in [-0.3, -0.25) is 10.1 Å². The lowest BCUT2D eigenvalue weighted by molar-refractivity contribution is -0.385. The number of nitro benzene ring substituents is 1. The van der Waals surface area contributed by atoms with Gasteiger partial charge in [-0.2, -0.15) is 9.36 Å². The second-order valence-corrected chi connectivity index (χ2v) is 5.10. The molecule has 1 heterocycles. The zero-order valence-electron chi connectivity index (χ0n) is 10.8. The van der Waals surface area contributed by atoms with Crippen molar-refractivity contribution in [2.45, 2.75) is 26.7 Å². The maximum atomic E-state index is 10.7. The highest BCUT2D eigenvalue weighted by Crippen LogP contribution is 2.28. The van der Waals surface area contributed by atoms with Gasteiger partial charge in [0.2, 0.25) is 0 Å². The number of hydrogen-bond donors (Lipinski definition) is 0. The molecule has 0 atom stereocenters. The van der Waals surface area contributed by atoms with Gasteiger partial charge in [-0.05, 0) is 19.1 Å². The van der Waals surface area contributed by atoms with Crippen molar-refractivity contribution in [2.75, 3.05) is 0 Å². The number of ether oxygens (including phenoxy) is 1. The minimum absolute atomic E-state index is 0.0764. The highest BCUT2D eigenvalue weighted by molar-refractivity contribution is 7.07. The summed E-state index contributed by atoms with van der Waals surface area (Å²) in [5.41, 5.74) is 0.628. The van der Waals surface area contributed by atoms with Crippen LogP contribution in [0, 0.1) is 17.0 Å². The minimum Gasteiger partial charge on any atom is -0.430 e. The molecule has 0 aliphatic carbocycles. The highest BCUT2D eigenvalue weighted by Gasteiger charge is 2.13. The summed E-state index contributed by atoms with van der Waals surface area (Å²) in [7, 11) is 0. The number of rotatable bonds is 4. The van der Waals surface area contributed by atoms with E-state index in [9.17, 15) is 10.1 Å². The average molecular weight is 279 g/mol. The standard InChI is InChI=1S/C12H13N3O3S/c1-7(2)11-13-12(19-14-11)18-9-4-5-10(15(16)17)8(3)6-9/h4-7H,1-3H3. The van der Waals surface area contributed by atoms with Gasteiger partial charge in [0.15, 0.2) is 0 Å².